The molecule has 0 saturated heterocycles. The second-order valence-electron chi connectivity index (χ2n) is 4.17. The summed E-state index contributed by atoms with van der Waals surface area (Å²) in [7, 11) is 0. The molecule has 0 spiro atoms. The summed E-state index contributed by atoms with van der Waals surface area (Å²) in [5.41, 5.74) is -0.395. The molecule has 6 heteroatoms. The largest absolute Gasteiger partial charge is 0.321 e. The van der Waals surface area contributed by atoms with Gasteiger partial charge in [0.05, 0.1) is 0 Å². The standard InChI is InChI=1S/C15H12BrF2NOS/c16-10-4-1-2-7-13(10)21-9-8-14(20)19-15-11(17)5-3-6-12(15)18/h1-7H,8-9H2,(H,19,20). The first kappa shape index (κ1) is 16.0. The van der Waals surface area contributed by atoms with E-state index < -0.39 is 23.2 Å². The molecule has 0 aliphatic rings. The van der Waals surface area contributed by atoms with Crippen molar-refractivity contribution in [1.82, 2.24) is 0 Å². The van der Waals surface area contributed by atoms with E-state index in [-0.39, 0.29) is 6.42 Å². The molecule has 0 aromatic heterocycles. The van der Waals surface area contributed by atoms with Crippen molar-refractivity contribution in [2.24, 2.45) is 0 Å². The molecule has 0 bridgehead atoms. The van der Waals surface area contributed by atoms with E-state index >= 15 is 0 Å². The zero-order valence-corrected chi connectivity index (χ0v) is 13.3. The summed E-state index contributed by atoms with van der Waals surface area (Å²) in [4.78, 5) is 12.7. The maximum Gasteiger partial charge on any atom is 0.225 e. The molecule has 0 unspecified atom stereocenters. The highest BCUT2D eigenvalue weighted by Gasteiger charge is 2.11. The second-order valence-corrected chi connectivity index (χ2v) is 6.16. The average molecular weight is 372 g/mol. The smallest absolute Gasteiger partial charge is 0.225 e. The van der Waals surface area contributed by atoms with Gasteiger partial charge in [-0.15, -0.1) is 11.8 Å². The van der Waals surface area contributed by atoms with Crippen molar-refractivity contribution in [3.63, 3.8) is 0 Å². The number of thioether (sulfide) groups is 1. The Hall–Kier alpha value is -1.40. The molecule has 0 saturated carbocycles. The molecule has 0 aliphatic carbocycles. The number of hydrogen-bond acceptors (Lipinski definition) is 2. The van der Waals surface area contributed by atoms with Crippen LogP contribution in [0.2, 0.25) is 0 Å². The van der Waals surface area contributed by atoms with Crippen molar-refractivity contribution in [2.45, 2.75) is 11.3 Å². The number of halogens is 3. The van der Waals surface area contributed by atoms with Crippen LogP contribution in [0, 0.1) is 11.6 Å². The number of nitrogens with one attached hydrogen (secondary N) is 1. The molecule has 2 nitrogen and oxygen atoms in total. The van der Waals surface area contributed by atoms with Crippen LogP contribution in [0.5, 0.6) is 0 Å². The third kappa shape index (κ3) is 4.54. The molecule has 0 fully saturated rings. The van der Waals surface area contributed by atoms with Gasteiger partial charge in [0, 0.05) is 21.5 Å². The minimum Gasteiger partial charge on any atom is -0.321 e. The fraction of sp³-hybridized carbons (Fsp3) is 0.133. The zero-order valence-electron chi connectivity index (χ0n) is 10.9. The maximum atomic E-state index is 13.4. The fourth-order valence-corrected chi connectivity index (χ4v) is 3.15. The molecule has 21 heavy (non-hydrogen) atoms. The van der Waals surface area contributed by atoms with Crippen LogP contribution in [0.25, 0.3) is 0 Å². The monoisotopic (exact) mass is 371 g/mol. The van der Waals surface area contributed by atoms with Crippen LogP contribution in [0.1, 0.15) is 6.42 Å². The van der Waals surface area contributed by atoms with Gasteiger partial charge in [-0.05, 0) is 40.2 Å². The number of para-hydroxylation sites is 1. The van der Waals surface area contributed by atoms with Gasteiger partial charge in [0.15, 0.2) is 0 Å². The Balaban J connectivity index is 1.87. The van der Waals surface area contributed by atoms with Gasteiger partial charge in [0.2, 0.25) is 5.91 Å². The van der Waals surface area contributed by atoms with Crippen LogP contribution in [0.4, 0.5) is 14.5 Å². The Bertz CT molecular complexity index is 631. The summed E-state index contributed by atoms with van der Waals surface area (Å²) >= 11 is 4.91. The molecule has 0 radical (unpaired) electrons. The van der Waals surface area contributed by atoms with E-state index in [1.54, 1.807) is 0 Å². The van der Waals surface area contributed by atoms with E-state index in [1.807, 2.05) is 24.3 Å². The summed E-state index contributed by atoms with van der Waals surface area (Å²) in [6.45, 7) is 0. The third-order valence-corrected chi connectivity index (χ3v) is 4.68. The SMILES string of the molecule is O=C(CCSc1ccccc1Br)Nc1c(F)cccc1F. The Labute approximate surface area is 134 Å². The van der Waals surface area contributed by atoms with E-state index in [1.165, 1.54) is 17.8 Å². The quantitative estimate of drug-likeness (QED) is 0.761. The van der Waals surface area contributed by atoms with Gasteiger partial charge in [0.1, 0.15) is 17.3 Å². The molecule has 0 aliphatic heterocycles. The normalized spacial score (nSPS) is 10.4. The summed E-state index contributed by atoms with van der Waals surface area (Å²) in [5, 5.41) is 2.27. The van der Waals surface area contributed by atoms with E-state index in [2.05, 4.69) is 21.2 Å². The van der Waals surface area contributed by atoms with E-state index in [0.717, 1.165) is 21.5 Å². The number of anilines is 1. The van der Waals surface area contributed by atoms with E-state index in [0.29, 0.717) is 5.75 Å². The van der Waals surface area contributed by atoms with Crippen molar-refractivity contribution in [3.8, 4) is 0 Å². The Morgan fingerprint density at radius 3 is 2.43 bits per heavy atom. The molecule has 0 heterocycles. The lowest BCUT2D eigenvalue weighted by Crippen LogP contribution is -2.14. The number of carbonyl (C=O) groups excluding carboxylic acids is 1. The molecule has 0 atom stereocenters. The molecule has 1 N–H and O–H groups in total. The van der Waals surface area contributed by atoms with Gasteiger partial charge in [-0.1, -0.05) is 18.2 Å². The third-order valence-electron chi connectivity index (χ3n) is 2.65. The van der Waals surface area contributed by atoms with Crippen LogP contribution in [0.15, 0.2) is 51.8 Å². The van der Waals surface area contributed by atoms with Crippen LogP contribution in [-0.4, -0.2) is 11.7 Å². The van der Waals surface area contributed by atoms with Crippen molar-refractivity contribution < 1.29 is 13.6 Å². The summed E-state index contributed by atoms with van der Waals surface area (Å²) in [6.07, 6.45) is 0.166. The molecule has 2 aromatic rings. The topological polar surface area (TPSA) is 29.1 Å². The first-order valence-corrected chi connectivity index (χ1v) is 7.97. The van der Waals surface area contributed by atoms with Crippen LogP contribution < -0.4 is 5.32 Å². The van der Waals surface area contributed by atoms with Crippen molar-refractivity contribution in [2.75, 3.05) is 11.1 Å². The molecular weight excluding hydrogens is 360 g/mol. The van der Waals surface area contributed by atoms with Crippen LogP contribution in [0.3, 0.4) is 0 Å². The van der Waals surface area contributed by atoms with E-state index in [9.17, 15) is 13.6 Å². The van der Waals surface area contributed by atoms with Crippen LogP contribution >= 0.6 is 27.7 Å². The van der Waals surface area contributed by atoms with Gasteiger partial charge in [0.25, 0.3) is 0 Å². The summed E-state index contributed by atoms with van der Waals surface area (Å²) < 4.78 is 27.7. The van der Waals surface area contributed by atoms with Gasteiger partial charge in [-0.3, -0.25) is 4.79 Å². The zero-order chi connectivity index (χ0) is 15.2. The second kappa shape index (κ2) is 7.56. The highest BCUT2D eigenvalue weighted by molar-refractivity contribution is 9.10. The Morgan fingerprint density at radius 2 is 1.76 bits per heavy atom. The predicted molar refractivity (Wildman–Crippen MR) is 84.5 cm³/mol. The van der Waals surface area contributed by atoms with Crippen molar-refractivity contribution in [1.29, 1.82) is 0 Å². The minimum absolute atomic E-state index is 0.166. The summed E-state index contributed by atoms with van der Waals surface area (Å²) in [5.74, 6) is -1.45. The number of hydrogen-bond donors (Lipinski definition) is 1. The lowest BCUT2D eigenvalue weighted by molar-refractivity contribution is -0.115. The van der Waals surface area contributed by atoms with Gasteiger partial charge in [-0.2, -0.15) is 0 Å². The Morgan fingerprint density at radius 1 is 1.10 bits per heavy atom. The molecule has 2 aromatic carbocycles. The number of amides is 1. The first-order chi connectivity index (χ1) is 10.1. The van der Waals surface area contributed by atoms with E-state index in [4.69, 9.17) is 0 Å². The highest BCUT2D eigenvalue weighted by atomic mass is 79.9. The fourth-order valence-electron chi connectivity index (χ4n) is 1.63. The molecule has 1 amide bonds. The lowest BCUT2D eigenvalue weighted by Gasteiger charge is -2.07. The van der Waals surface area contributed by atoms with Gasteiger partial charge >= 0.3 is 0 Å². The number of carbonyl (C=O) groups is 1. The average Bonchev–Trinajstić information content (AvgIpc) is 2.45. The summed E-state index contributed by atoms with van der Waals surface area (Å²) in [6, 6.07) is 11.1. The van der Waals surface area contributed by atoms with Crippen LogP contribution in [-0.2, 0) is 4.79 Å². The van der Waals surface area contributed by atoms with Crippen molar-refractivity contribution >= 4 is 39.3 Å². The first-order valence-electron chi connectivity index (χ1n) is 6.19. The van der Waals surface area contributed by atoms with Crippen molar-refractivity contribution in [3.05, 3.63) is 58.6 Å². The van der Waals surface area contributed by atoms with Gasteiger partial charge < -0.3 is 5.32 Å². The maximum absolute atomic E-state index is 13.4. The van der Waals surface area contributed by atoms with Gasteiger partial charge in [-0.25, -0.2) is 8.78 Å². The highest BCUT2D eigenvalue weighted by Crippen LogP contribution is 2.27. The Kier molecular flexibility index (Phi) is 5.76. The minimum atomic E-state index is -0.776. The molecule has 2 rings (SSSR count). The molecule has 110 valence electrons. The predicted octanol–water partition coefficient (Wildman–Crippen LogP) is 4.85. The number of rotatable bonds is 5. The molecular formula is C15H12BrF2NOS. The lowest BCUT2D eigenvalue weighted by atomic mass is 10.3. The number of benzene rings is 2.